The highest BCUT2D eigenvalue weighted by atomic mass is 16.5. The van der Waals surface area contributed by atoms with Crippen molar-refractivity contribution in [3.63, 3.8) is 0 Å². The largest absolute Gasteiger partial charge is 0.384 e. The summed E-state index contributed by atoms with van der Waals surface area (Å²) in [4.78, 5) is 0. The fourth-order valence-electron chi connectivity index (χ4n) is 2.12. The van der Waals surface area contributed by atoms with Crippen LogP contribution in [0.1, 0.15) is 13.3 Å². The van der Waals surface area contributed by atoms with Crippen molar-refractivity contribution in [2.24, 2.45) is 11.8 Å². The Hall–Kier alpha value is -0.120. The summed E-state index contributed by atoms with van der Waals surface area (Å²) in [6.45, 7) is 4.96. The lowest BCUT2D eigenvalue weighted by Crippen LogP contribution is -2.32. The summed E-state index contributed by atoms with van der Waals surface area (Å²) in [6, 6.07) is 0. The van der Waals surface area contributed by atoms with Crippen LogP contribution in [0.25, 0.3) is 0 Å². The minimum absolute atomic E-state index is 0.382. The number of methoxy groups -OCH3 is 1. The van der Waals surface area contributed by atoms with Crippen molar-refractivity contribution in [3.8, 4) is 0 Å². The molecule has 3 atom stereocenters. The molecule has 0 aromatic carbocycles. The van der Waals surface area contributed by atoms with Gasteiger partial charge in [-0.1, -0.05) is 6.92 Å². The SMILES string of the molecule is CNCC1CCOC1C(C)COC. The van der Waals surface area contributed by atoms with Crippen LogP contribution >= 0.6 is 0 Å². The second kappa shape index (κ2) is 5.58. The molecule has 1 saturated heterocycles. The molecular weight excluding hydrogens is 166 g/mol. The van der Waals surface area contributed by atoms with Crippen LogP contribution in [0.3, 0.4) is 0 Å². The Morgan fingerprint density at radius 3 is 3.00 bits per heavy atom. The normalized spacial score (nSPS) is 30.7. The van der Waals surface area contributed by atoms with Gasteiger partial charge in [0.1, 0.15) is 0 Å². The van der Waals surface area contributed by atoms with E-state index in [1.807, 2.05) is 7.05 Å². The van der Waals surface area contributed by atoms with E-state index in [0.29, 0.717) is 17.9 Å². The molecule has 3 heteroatoms. The first kappa shape index (κ1) is 11.0. The summed E-state index contributed by atoms with van der Waals surface area (Å²) in [6.07, 6.45) is 1.56. The van der Waals surface area contributed by atoms with Crippen LogP contribution in [0.4, 0.5) is 0 Å². The molecule has 1 rings (SSSR count). The maximum atomic E-state index is 5.71. The second-order valence-electron chi connectivity index (χ2n) is 3.87. The van der Waals surface area contributed by atoms with E-state index >= 15 is 0 Å². The fraction of sp³-hybridized carbons (Fsp3) is 1.00. The Balaban J connectivity index is 2.37. The molecule has 0 amide bonds. The Kier molecular flexibility index (Phi) is 4.70. The molecule has 1 aliphatic rings. The average Bonchev–Trinajstić information content (AvgIpc) is 2.54. The van der Waals surface area contributed by atoms with Crippen molar-refractivity contribution in [3.05, 3.63) is 0 Å². The smallest absolute Gasteiger partial charge is 0.0663 e. The predicted octanol–water partition coefficient (Wildman–Crippen LogP) is 0.893. The Morgan fingerprint density at radius 2 is 2.38 bits per heavy atom. The maximum Gasteiger partial charge on any atom is 0.0663 e. The Labute approximate surface area is 80.8 Å². The molecule has 3 nitrogen and oxygen atoms in total. The van der Waals surface area contributed by atoms with Gasteiger partial charge in [-0.15, -0.1) is 0 Å². The van der Waals surface area contributed by atoms with Gasteiger partial charge in [-0.25, -0.2) is 0 Å². The molecule has 1 fully saturated rings. The zero-order valence-corrected chi connectivity index (χ0v) is 8.88. The third-order valence-corrected chi connectivity index (χ3v) is 2.72. The Morgan fingerprint density at radius 1 is 1.62 bits per heavy atom. The van der Waals surface area contributed by atoms with E-state index in [9.17, 15) is 0 Å². The number of hydrogen-bond acceptors (Lipinski definition) is 3. The highest BCUT2D eigenvalue weighted by Gasteiger charge is 2.31. The van der Waals surface area contributed by atoms with Crippen LogP contribution in [-0.4, -0.2) is 40.0 Å². The molecule has 13 heavy (non-hydrogen) atoms. The van der Waals surface area contributed by atoms with Gasteiger partial charge < -0.3 is 14.8 Å². The first-order valence-corrected chi connectivity index (χ1v) is 5.04. The lowest BCUT2D eigenvalue weighted by atomic mass is 9.92. The van der Waals surface area contributed by atoms with Crippen LogP contribution in [0, 0.1) is 11.8 Å². The van der Waals surface area contributed by atoms with E-state index in [1.54, 1.807) is 7.11 Å². The average molecular weight is 187 g/mol. The summed E-state index contributed by atoms with van der Waals surface area (Å²) in [7, 11) is 3.74. The monoisotopic (exact) mass is 187 g/mol. The van der Waals surface area contributed by atoms with Crippen LogP contribution in [0.5, 0.6) is 0 Å². The van der Waals surface area contributed by atoms with Crippen molar-refractivity contribution >= 4 is 0 Å². The van der Waals surface area contributed by atoms with Crippen LogP contribution < -0.4 is 5.32 Å². The standard InChI is InChI=1S/C10H21NO2/c1-8(7-12-3)10-9(6-11-2)4-5-13-10/h8-11H,4-7H2,1-3H3. The summed E-state index contributed by atoms with van der Waals surface area (Å²) >= 11 is 0. The molecule has 1 aliphatic heterocycles. The molecule has 0 aliphatic carbocycles. The number of nitrogens with one attached hydrogen (secondary N) is 1. The predicted molar refractivity (Wildman–Crippen MR) is 52.8 cm³/mol. The lowest BCUT2D eigenvalue weighted by molar-refractivity contribution is 0.0144. The first-order chi connectivity index (χ1) is 6.29. The maximum absolute atomic E-state index is 5.71. The van der Waals surface area contributed by atoms with Crippen LogP contribution in [-0.2, 0) is 9.47 Å². The topological polar surface area (TPSA) is 30.5 Å². The molecule has 0 bridgehead atoms. The van der Waals surface area contributed by atoms with E-state index in [-0.39, 0.29) is 0 Å². The van der Waals surface area contributed by atoms with E-state index in [0.717, 1.165) is 19.8 Å². The quantitative estimate of drug-likeness (QED) is 0.693. The number of ether oxygens (including phenoxy) is 2. The van der Waals surface area contributed by atoms with Crippen LogP contribution in [0.2, 0.25) is 0 Å². The summed E-state index contributed by atoms with van der Waals surface area (Å²) in [5.74, 6) is 1.17. The van der Waals surface area contributed by atoms with Gasteiger partial charge in [0.25, 0.3) is 0 Å². The van der Waals surface area contributed by atoms with Crippen molar-refractivity contribution in [1.82, 2.24) is 5.32 Å². The van der Waals surface area contributed by atoms with Gasteiger partial charge in [-0.3, -0.25) is 0 Å². The van der Waals surface area contributed by atoms with E-state index in [1.165, 1.54) is 6.42 Å². The lowest BCUT2D eigenvalue weighted by Gasteiger charge is -2.23. The minimum atomic E-state index is 0.382. The van der Waals surface area contributed by atoms with Gasteiger partial charge in [-0.05, 0) is 13.5 Å². The second-order valence-corrected chi connectivity index (χ2v) is 3.87. The van der Waals surface area contributed by atoms with Gasteiger partial charge in [0, 0.05) is 32.1 Å². The zero-order valence-electron chi connectivity index (χ0n) is 8.88. The summed E-state index contributed by atoms with van der Waals surface area (Å²) < 4.78 is 10.9. The summed E-state index contributed by atoms with van der Waals surface area (Å²) in [5.41, 5.74) is 0. The molecule has 0 spiro atoms. The van der Waals surface area contributed by atoms with Gasteiger partial charge >= 0.3 is 0 Å². The number of rotatable bonds is 5. The van der Waals surface area contributed by atoms with Crippen molar-refractivity contribution in [2.45, 2.75) is 19.4 Å². The minimum Gasteiger partial charge on any atom is -0.384 e. The van der Waals surface area contributed by atoms with Crippen LogP contribution in [0.15, 0.2) is 0 Å². The third kappa shape index (κ3) is 2.93. The molecule has 1 heterocycles. The van der Waals surface area contributed by atoms with E-state index in [2.05, 4.69) is 12.2 Å². The summed E-state index contributed by atoms with van der Waals surface area (Å²) in [5, 5.41) is 3.22. The van der Waals surface area contributed by atoms with E-state index < -0.39 is 0 Å². The third-order valence-electron chi connectivity index (χ3n) is 2.72. The molecule has 1 N–H and O–H groups in total. The van der Waals surface area contributed by atoms with Gasteiger partial charge in [0.2, 0.25) is 0 Å². The molecule has 0 radical (unpaired) electrons. The Bertz CT molecular complexity index is 141. The molecule has 78 valence electrons. The molecule has 0 saturated carbocycles. The van der Waals surface area contributed by atoms with Gasteiger partial charge in [-0.2, -0.15) is 0 Å². The van der Waals surface area contributed by atoms with Crippen molar-refractivity contribution in [1.29, 1.82) is 0 Å². The van der Waals surface area contributed by atoms with Crippen molar-refractivity contribution < 1.29 is 9.47 Å². The van der Waals surface area contributed by atoms with Crippen molar-refractivity contribution in [2.75, 3.05) is 33.9 Å². The highest BCUT2D eigenvalue weighted by molar-refractivity contribution is 4.81. The molecular formula is C10H21NO2. The molecule has 0 aromatic rings. The zero-order chi connectivity index (χ0) is 9.68. The number of hydrogen-bond donors (Lipinski definition) is 1. The fourth-order valence-corrected chi connectivity index (χ4v) is 2.12. The van der Waals surface area contributed by atoms with Gasteiger partial charge in [0.15, 0.2) is 0 Å². The molecule has 3 unspecified atom stereocenters. The first-order valence-electron chi connectivity index (χ1n) is 5.04. The van der Waals surface area contributed by atoms with Gasteiger partial charge in [0.05, 0.1) is 12.7 Å². The van der Waals surface area contributed by atoms with E-state index in [4.69, 9.17) is 9.47 Å². The highest BCUT2D eigenvalue weighted by Crippen LogP contribution is 2.26. The molecule has 0 aromatic heterocycles.